The molecule has 0 aliphatic carbocycles. The maximum atomic E-state index is 14.0. The molecule has 0 fully saturated rings. The number of para-hydroxylation sites is 1. The molecule has 0 radical (unpaired) electrons. The summed E-state index contributed by atoms with van der Waals surface area (Å²) in [5.74, 6) is -1.47. The van der Waals surface area contributed by atoms with Gasteiger partial charge in [-0.05, 0) is 48.4 Å². The number of amides is 2. The minimum Gasteiger partial charge on any atom is -0.476 e. The summed E-state index contributed by atoms with van der Waals surface area (Å²) in [6.45, 7) is 9.11. The Kier molecular flexibility index (Phi) is 7.54. The number of hydrogen-bond acceptors (Lipinski definition) is 10. The lowest BCUT2D eigenvalue weighted by Gasteiger charge is -2.29. The molecule has 250 valence electrons. The number of carbonyl (C=O) groups excluding carboxylic acids is 2. The van der Waals surface area contributed by atoms with Crippen molar-refractivity contribution < 1.29 is 38.2 Å². The van der Waals surface area contributed by atoms with E-state index in [0.29, 0.717) is 11.5 Å². The number of aliphatic hydroxyl groups excluding tert-OH is 1. The Morgan fingerprint density at radius 2 is 1.83 bits per heavy atom. The van der Waals surface area contributed by atoms with Crippen LogP contribution in [0.1, 0.15) is 84.7 Å². The highest BCUT2D eigenvalue weighted by Gasteiger charge is 2.61. The fourth-order valence-electron chi connectivity index (χ4n) is 6.97. The number of fused-ring (bicyclic) bond motifs is 4. The van der Waals surface area contributed by atoms with E-state index in [9.17, 15) is 24.6 Å². The van der Waals surface area contributed by atoms with Gasteiger partial charge in [-0.1, -0.05) is 58.0 Å². The quantitative estimate of drug-likeness (QED) is 0.193. The van der Waals surface area contributed by atoms with E-state index in [0.717, 1.165) is 22.4 Å². The Morgan fingerprint density at radius 3 is 2.54 bits per heavy atom. The Hall–Kier alpha value is -5.17. The van der Waals surface area contributed by atoms with E-state index in [-0.39, 0.29) is 53.6 Å². The predicted octanol–water partition coefficient (Wildman–Crippen LogP) is 4.08. The van der Waals surface area contributed by atoms with Gasteiger partial charge in [0.15, 0.2) is 23.4 Å². The van der Waals surface area contributed by atoms with Crippen LogP contribution in [0.3, 0.4) is 0 Å². The molecule has 7 rings (SSSR count). The van der Waals surface area contributed by atoms with E-state index in [1.807, 2.05) is 70.2 Å². The molecule has 0 saturated heterocycles. The van der Waals surface area contributed by atoms with Crippen molar-refractivity contribution in [3.8, 4) is 17.3 Å². The maximum Gasteiger partial charge on any atom is 0.358 e. The lowest BCUT2D eigenvalue weighted by Crippen LogP contribution is -2.52. The van der Waals surface area contributed by atoms with Crippen LogP contribution in [0.5, 0.6) is 5.75 Å². The highest BCUT2D eigenvalue weighted by atomic mass is 16.5. The monoisotopic (exact) mass is 655 g/mol. The minimum atomic E-state index is -1.28. The zero-order valence-electron chi connectivity index (χ0n) is 27.2. The predicted molar refractivity (Wildman–Crippen MR) is 171 cm³/mol. The average Bonchev–Trinajstić information content (AvgIpc) is 3.78. The van der Waals surface area contributed by atoms with Gasteiger partial charge in [0.1, 0.15) is 35.1 Å². The van der Waals surface area contributed by atoms with Crippen LogP contribution >= 0.6 is 0 Å². The van der Waals surface area contributed by atoms with Crippen LogP contribution in [-0.4, -0.2) is 56.3 Å². The van der Waals surface area contributed by atoms with Crippen LogP contribution in [0.4, 0.5) is 5.69 Å². The van der Waals surface area contributed by atoms with Crippen molar-refractivity contribution in [2.45, 2.75) is 77.3 Å². The average molecular weight is 656 g/mol. The number of benzene rings is 2. The van der Waals surface area contributed by atoms with Gasteiger partial charge in [0.25, 0.3) is 0 Å². The van der Waals surface area contributed by atoms with Crippen LogP contribution in [0.25, 0.3) is 11.6 Å². The number of carboxylic acids is 1. The molecular formula is C35H37N5O8. The first-order chi connectivity index (χ1) is 22.9. The SMILES string of the molecule is Cc1oc(-c2nc3oc2C24c5ccccc5NC2Oc2ccc(cc24)C[C@H](NC(=O)[C@@H](O)CC(C)C)C(=O)N[C@H]3C(C)C)nc1C(=O)O. The van der Waals surface area contributed by atoms with Crippen LogP contribution < -0.4 is 20.7 Å². The van der Waals surface area contributed by atoms with Crippen LogP contribution in [0.15, 0.2) is 51.3 Å². The molecule has 13 nitrogen and oxygen atoms in total. The molecule has 4 aromatic rings. The first-order valence-electron chi connectivity index (χ1n) is 16.1. The van der Waals surface area contributed by atoms with Gasteiger partial charge in [0.2, 0.25) is 23.6 Å². The van der Waals surface area contributed by atoms with E-state index < -0.39 is 47.6 Å². The molecule has 2 unspecified atom stereocenters. The molecule has 48 heavy (non-hydrogen) atoms. The van der Waals surface area contributed by atoms with E-state index in [2.05, 4.69) is 20.9 Å². The van der Waals surface area contributed by atoms with Crippen LogP contribution in [0, 0.1) is 18.8 Å². The lowest BCUT2D eigenvalue weighted by atomic mass is 9.72. The second kappa shape index (κ2) is 11.5. The third-order valence-corrected chi connectivity index (χ3v) is 9.25. The number of aliphatic hydroxyl groups is 1. The van der Waals surface area contributed by atoms with Crippen molar-refractivity contribution in [1.82, 2.24) is 20.6 Å². The molecule has 0 saturated carbocycles. The van der Waals surface area contributed by atoms with E-state index in [1.54, 1.807) is 0 Å². The molecule has 5 heterocycles. The largest absolute Gasteiger partial charge is 0.476 e. The normalized spacial score (nSPS) is 22.9. The second-order valence-electron chi connectivity index (χ2n) is 13.4. The zero-order valence-corrected chi connectivity index (χ0v) is 27.2. The number of oxazole rings is 2. The van der Waals surface area contributed by atoms with Crippen molar-refractivity contribution in [1.29, 1.82) is 0 Å². The van der Waals surface area contributed by atoms with E-state index in [1.165, 1.54) is 6.92 Å². The van der Waals surface area contributed by atoms with Gasteiger partial charge < -0.3 is 39.7 Å². The van der Waals surface area contributed by atoms with Gasteiger partial charge in [-0.25, -0.2) is 14.8 Å². The van der Waals surface area contributed by atoms with Crippen molar-refractivity contribution in [3.05, 3.63) is 82.3 Å². The summed E-state index contributed by atoms with van der Waals surface area (Å²) in [6.07, 6.45) is -1.60. The number of nitrogens with one attached hydrogen (secondary N) is 3. The second-order valence-corrected chi connectivity index (χ2v) is 13.4. The molecule has 5 N–H and O–H groups in total. The number of hydrogen-bond donors (Lipinski definition) is 5. The molecule has 4 bridgehead atoms. The summed E-state index contributed by atoms with van der Waals surface area (Å²) >= 11 is 0. The van der Waals surface area contributed by atoms with Gasteiger partial charge in [0, 0.05) is 17.7 Å². The Labute approximate surface area is 276 Å². The van der Waals surface area contributed by atoms with Gasteiger partial charge in [-0.2, -0.15) is 0 Å². The zero-order chi connectivity index (χ0) is 34.1. The number of aromatic nitrogens is 2. The van der Waals surface area contributed by atoms with Crippen molar-refractivity contribution >= 4 is 23.5 Å². The molecular weight excluding hydrogens is 618 g/mol. The highest BCUT2D eigenvalue weighted by Crippen LogP contribution is 2.59. The highest BCUT2D eigenvalue weighted by molar-refractivity contribution is 5.90. The first-order valence-corrected chi connectivity index (χ1v) is 16.1. The Bertz CT molecular complexity index is 1950. The Morgan fingerprint density at radius 1 is 1.06 bits per heavy atom. The summed E-state index contributed by atoms with van der Waals surface area (Å²) in [5.41, 5.74) is 1.87. The summed E-state index contributed by atoms with van der Waals surface area (Å²) in [5, 5.41) is 29.7. The Balaban J connectivity index is 1.47. The summed E-state index contributed by atoms with van der Waals surface area (Å²) in [6, 6.07) is 11.5. The third-order valence-electron chi connectivity index (χ3n) is 9.25. The van der Waals surface area contributed by atoms with Crippen LogP contribution in [-0.2, 0) is 21.4 Å². The van der Waals surface area contributed by atoms with Gasteiger partial charge in [-0.15, -0.1) is 0 Å². The van der Waals surface area contributed by atoms with Gasteiger partial charge in [-0.3, -0.25) is 9.59 Å². The molecule has 5 atom stereocenters. The smallest absolute Gasteiger partial charge is 0.358 e. The number of anilines is 1. The minimum absolute atomic E-state index is 0.0509. The van der Waals surface area contributed by atoms with Gasteiger partial charge >= 0.3 is 5.97 Å². The maximum absolute atomic E-state index is 14.0. The standard InChI is InChI=1S/C35H37N5O8/c1-15(2)12-23(41)30(43)36-22-14-18-10-11-24-20(13-18)35(19-8-6-7-9-21(19)37-34(35)47-24)28-27(32-39-26(33(44)45)17(5)46-32)40-31(48-28)25(16(3)4)38-29(22)42/h6-11,13,15-16,22-23,25,34,37,41H,12,14H2,1-5H3,(H,36,43)(H,38,42)(H,44,45)/t22-,23-,25-,34?,35?/m0/s1. The molecule has 1 spiro atoms. The fraction of sp³-hybridized carbons (Fsp3) is 0.400. The number of carboxylic acid groups (broad SMARTS) is 1. The number of aromatic carboxylic acids is 1. The number of ether oxygens (including phenoxy) is 1. The molecule has 3 aliphatic heterocycles. The number of nitrogens with zero attached hydrogens (tertiary/aromatic N) is 2. The summed E-state index contributed by atoms with van der Waals surface area (Å²) in [4.78, 5) is 48.3. The topological polar surface area (TPSA) is 189 Å². The molecule has 2 aromatic carbocycles. The summed E-state index contributed by atoms with van der Waals surface area (Å²) in [7, 11) is 0. The third kappa shape index (κ3) is 4.91. The summed E-state index contributed by atoms with van der Waals surface area (Å²) < 4.78 is 19.2. The lowest BCUT2D eigenvalue weighted by molar-refractivity contribution is -0.135. The van der Waals surface area contributed by atoms with Crippen molar-refractivity contribution in [2.75, 3.05) is 5.32 Å². The number of aryl methyl sites for hydroxylation is 1. The van der Waals surface area contributed by atoms with Crippen LogP contribution in [0.2, 0.25) is 0 Å². The number of carbonyl (C=O) groups is 3. The van der Waals surface area contributed by atoms with Crippen molar-refractivity contribution in [2.24, 2.45) is 11.8 Å². The molecule has 13 heteroatoms. The van der Waals surface area contributed by atoms with Gasteiger partial charge in [0.05, 0.1) is 0 Å². The molecule has 3 aliphatic rings. The van der Waals surface area contributed by atoms with Crippen molar-refractivity contribution in [3.63, 3.8) is 0 Å². The first kappa shape index (κ1) is 31.4. The molecule has 2 aromatic heterocycles. The molecule has 2 amide bonds. The van der Waals surface area contributed by atoms with E-state index >= 15 is 0 Å². The fourth-order valence-corrected chi connectivity index (χ4v) is 6.97. The van der Waals surface area contributed by atoms with E-state index in [4.69, 9.17) is 18.6 Å². The number of rotatable bonds is 7.